The summed E-state index contributed by atoms with van der Waals surface area (Å²) in [6.45, 7) is 2.17. The third-order valence-electron chi connectivity index (χ3n) is 2.04. The van der Waals surface area contributed by atoms with Crippen molar-refractivity contribution in [2.24, 2.45) is 7.05 Å². The number of hydrogen-bond donors (Lipinski definition) is 0. The third-order valence-corrected chi connectivity index (χ3v) is 4.31. The van der Waals surface area contributed by atoms with Crippen LogP contribution in [0, 0.1) is 6.92 Å². The van der Waals surface area contributed by atoms with Gasteiger partial charge >= 0.3 is 90.3 Å². The molecule has 72 valence electrons. The van der Waals surface area contributed by atoms with Gasteiger partial charge in [0.05, 0.1) is 0 Å². The van der Waals surface area contributed by atoms with E-state index in [1.54, 1.807) is 0 Å². The van der Waals surface area contributed by atoms with Crippen molar-refractivity contribution in [3.8, 4) is 0 Å². The molecule has 0 aliphatic rings. The van der Waals surface area contributed by atoms with E-state index in [1.807, 2.05) is 7.05 Å². The fourth-order valence-electron chi connectivity index (χ4n) is 1.25. The zero-order valence-corrected chi connectivity index (χ0v) is 10.1. The van der Waals surface area contributed by atoms with Crippen LogP contribution in [0.4, 0.5) is 0 Å². The second-order valence-electron chi connectivity index (χ2n) is 3.30. The van der Waals surface area contributed by atoms with Gasteiger partial charge in [0.25, 0.3) is 0 Å². The Hall–Kier alpha value is -1.05. The Labute approximate surface area is 90.6 Å². The van der Waals surface area contributed by atoms with Gasteiger partial charge in [-0.15, -0.1) is 0 Å². The van der Waals surface area contributed by atoms with E-state index in [9.17, 15) is 0 Å². The minimum atomic E-state index is 0.368. The summed E-state index contributed by atoms with van der Waals surface area (Å²) in [5.41, 5.74) is 1.38. The van der Waals surface area contributed by atoms with E-state index in [1.165, 1.54) is 10.0 Å². The van der Waals surface area contributed by atoms with Crippen LogP contribution in [0.2, 0.25) is 0 Å². The predicted octanol–water partition coefficient (Wildman–Crippen LogP) is 0.414. The topological polar surface area (TPSA) is 8.81 Å². The second-order valence-corrected chi connectivity index (χ2v) is 5.49. The number of rotatable bonds is 2. The monoisotopic (exact) mass is 253 g/mol. The van der Waals surface area contributed by atoms with Crippen molar-refractivity contribution in [2.75, 3.05) is 0 Å². The normalized spacial score (nSPS) is 10.4. The molecule has 14 heavy (non-hydrogen) atoms. The molecule has 2 rings (SSSR count). The van der Waals surface area contributed by atoms with Gasteiger partial charge in [0.15, 0.2) is 0 Å². The van der Waals surface area contributed by atoms with E-state index in [0.29, 0.717) is 15.2 Å². The zero-order chi connectivity index (χ0) is 9.97. The Morgan fingerprint density at radius 2 is 2.07 bits per heavy atom. The van der Waals surface area contributed by atoms with Gasteiger partial charge < -0.3 is 0 Å². The number of nitrogens with zero attached hydrogens (tertiary/aromatic N) is 2. The quantitative estimate of drug-likeness (QED) is 0.541. The molecule has 1 heterocycles. The van der Waals surface area contributed by atoms with Crippen molar-refractivity contribution >= 4 is 19.6 Å². The Kier molecular flexibility index (Phi) is 2.71. The van der Waals surface area contributed by atoms with Gasteiger partial charge in [-0.25, -0.2) is 0 Å². The fraction of sp³-hybridized carbons (Fsp3) is 0.182. The Balaban J connectivity index is 2.23. The van der Waals surface area contributed by atoms with Crippen LogP contribution in [0.5, 0.6) is 0 Å². The summed E-state index contributed by atoms with van der Waals surface area (Å²) in [6, 6.07) is 8.56. The minimum absolute atomic E-state index is 0.368. The van der Waals surface area contributed by atoms with Crippen LogP contribution in [-0.4, -0.2) is 18.8 Å². The molecule has 0 fully saturated rings. The van der Waals surface area contributed by atoms with E-state index in [4.69, 9.17) is 0 Å². The molecule has 0 aliphatic heterocycles. The average molecular weight is 252 g/mol. The van der Waals surface area contributed by atoms with Gasteiger partial charge in [-0.05, 0) is 0 Å². The summed E-state index contributed by atoms with van der Waals surface area (Å²) in [5.74, 6) is 0. The molecule has 2 aromatic rings. The van der Waals surface area contributed by atoms with E-state index < -0.39 is 0 Å². The molecule has 0 radical (unpaired) electrons. The second kappa shape index (κ2) is 3.99. The first-order valence-electron chi connectivity index (χ1n) is 4.53. The van der Waals surface area contributed by atoms with Gasteiger partial charge in [-0.1, -0.05) is 0 Å². The summed E-state index contributed by atoms with van der Waals surface area (Å²) in [4.78, 5) is 0. The van der Waals surface area contributed by atoms with Crippen LogP contribution >= 0.6 is 0 Å². The van der Waals surface area contributed by atoms with Gasteiger partial charge in [-0.2, -0.15) is 0 Å². The summed E-state index contributed by atoms with van der Waals surface area (Å²) < 4.78 is 5.76. The van der Waals surface area contributed by atoms with Gasteiger partial charge in [0, 0.05) is 0 Å². The average Bonchev–Trinajstić information content (AvgIpc) is 2.56. The molecule has 1 aromatic heterocycles. The zero-order valence-electron chi connectivity index (χ0n) is 8.34. The Bertz CT molecular complexity index is 434. The van der Waals surface area contributed by atoms with Crippen LogP contribution in [0.25, 0.3) is 0 Å². The molecule has 0 saturated heterocycles. The maximum absolute atomic E-state index is 2.25. The Morgan fingerprint density at radius 3 is 2.71 bits per heavy atom. The first-order valence-corrected chi connectivity index (χ1v) is 6.15. The summed E-state index contributed by atoms with van der Waals surface area (Å²) in [7, 11) is 2.05. The van der Waals surface area contributed by atoms with Crippen molar-refractivity contribution < 1.29 is 4.57 Å². The number of hydrogen-bond acceptors (Lipinski definition) is 0. The van der Waals surface area contributed by atoms with Crippen molar-refractivity contribution in [1.29, 1.82) is 0 Å². The van der Waals surface area contributed by atoms with Gasteiger partial charge in [-0.3, -0.25) is 0 Å². The molecular weight excluding hydrogens is 239 g/mol. The summed E-state index contributed by atoms with van der Waals surface area (Å²) in [5, 5.41) is 0. The molecule has 0 N–H and O–H groups in total. The van der Waals surface area contributed by atoms with Gasteiger partial charge in [0.1, 0.15) is 0 Å². The van der Waals surface area contributed by atoms with Crippen LogP contribution in [0.3, 0.4) is 0 Å². The molecule has 1 aromatic carbocycles. The van der Waals surface area contributed by atoms with E-state index in [-0.39, 0.29) is 0 Å². The maximum atomic E-state index is 2.25. The first kappa shape index (κ1) is 9.50. The number of imidazole rings is 1. The number of aromatic nitrogens is 2. The number of benzene rings is 1. The third kappa shape index (κ3) is 2.06. The van der Waals surface area contributed by atoms with Crippen LogP contribution in [-0.2, 0) is 7.05 Å². The standard InChI is InChI=1S/C11H13N2Se/c1-10-5-3-4-6-11(10)14-13-8-7-12(2)9-13/h3-9H,1-2H3/q+1. The van der Waals surface area contributed by atoms with E-state index in [0.717, 1.165) is 0 Å². The van der Waals surface area contributed by atoms with E-state index in [2.05, 4.69) is 58.1 Å². The summed E-state index contributed by atoms with van der Waals surface area (Å²) >= 11 is 0.368. The fourth-order valence-corrected chi connectivity index (χ4v) is 3.12. The number of aryl methyl sites for hydroxylation is 2. The molecule has 2 nitrogen and oxygen atoms in total. The van der Waals surface area contributed by atoms with Crippen molar-refractivity contribution in [3.63, 3.8) is 0 Å². The molecule has 3 heteroatoms. The van der Waals surface area contributed by atoms with Crippen LogP contribution in [0.15, 0.2) is 43.0 Å². The van der Waals surface area contributed by atoms with Crippen molar-refractivity contribution in [2.45, 2.75) is 6.92 Å². The van der Waals surface area contributed by atoms with E-state index >= 15 is 0 Å². The molecule has 0 amide bonds. The van der Waals surface area contributed by atoms with Crippen LogP contribution in [0.1, 0.15) is 5.56 Å². The van der Waals surface area contributed by atoms with Crippen molar-refractivity contribution in [1.82, 2.24) is 3.58 Å². The van der Waals surface area contributed by atoms with Crippen molar-refractivity contribution in [3.05, 3.63) is 48.5 Å². The molecule has 0 bridgehead atoms. The molecule has 0 aliphatic carbocycles. The molecule has 0 saturated carbocycles. The molecule has 0 spiro atoms. The Morgan fingerprint density at radius 1 is 1.29 bits per heavy atom. The first-order chi connectivity index (χ1) is 6.75. The molecular formula is C11H13N2Se+. The molecule has 0 unspecified atom stereocenters. The van der Waals surface area contributed by atoms with Gasteiger partial charge in [0.2, 0.25) is 0 Å². The predicted molar refractivity (Wildman–Crippen MR) is 57.6 cm³/mol. The summed E-state index contributed by atoms with van der Waals surface area (Å²) in [6.07, 6.45) is 6.30. The molecule has 0 atom stereocenters. The van der Waals surface area contributed by atoms with Crippen LogP contribution < -0.4 is 9.03 Å². The SMILES string of the molecule is Cc1ccccc1[Se]n1cc[n+](C)c1.